The first kappa shape index (κ1) is 19.9. The van der Waals surface area contributed by atoms with Gasteiger partial charge >= 0.3 is 5.97 Å². The summed E-state index contributed by atoms with van der Waals surface area (Å²) < 4.78 is 0. The molecular weight excluding hydrogens is 330 g/mol. The Morgan fingerprint density at radius 1 is 1.12 bits per heavy atom. The molecule has 6 heteroatoms. The van der Waals surface area contributed by atoms with Crippen LogP contribution in [-0.2, 0) is 16.0 Å². The van der Waals surface area contributed by atoms with Crippen molar-refractivity contribution >= 4 is 22.6 Å². The quantitative estimate of drug-likeness (QED) is 0.484. The molecule has 0 bridgehead atoms. The van der Waals surface area contributed by atoms with Crippen LogP contribution < -0.4 is 16.4 Å². The van der Waals surface area contributed by atoms with Gasteiger partial charge in [0.25, 0.3) is 0 Å². The van der Waals surface area contributed by atoms with E-state index in [9.17, 15) is 9.59 Å². The molecule has 0 fully saturated rings. The molecule has 2 unspecified atom stereocenters. The summed E-state index contributed by atoms with van der Waals surface area (Å²) in [6.45, 7) is 0.500. The summed E-state index contributed by atoms with van der Waals surface area (Å²) in [4.78, 5) is 23.0. The van der Waals surface area contributed by atoms with Gasteiger partial charge in [-0.2, -0.15) is 0 Å². The van der Waals surface area contributed by atoms with Gasteiger partial charge in [-0.3, -0.25) is 9.59 Å². The smallest absolute Gasteiger partial charge is 0.320 e. The van der Waals surface area contributed by atoms with Gasteiger partial charge in [-0.1, -0.05) is 42.5 Å². The number of carboxylic acid groups (broad SMARTS) is 1. The summed E-state index contributed by atoms with van der Waals surface area (Å²) >= 11 is 0. The number of likely N-dealkylation sites (N-methyl/N-ethyl adjacent to an activating group) is 1. The number of benzene rings is 2. The molecule has 0 heterocycles. The number of carboxylic acids is 1. The number of rotatable bonds is 10. The van der Waals surface area contributed by atoms with Crippen molar-refractivity contribution in [3.05, 3.63) is 48.0 Å². The fourth-order valence-electron chi connectivity index (χ4n) is 2.92. The lowest BCUT2D eigenvalue weighted by molar-refractivity contribution is -0.139. The van der Waals surface area contributed by atoms with Crippen molar-refractivity contribution in [3.63, 3.8) is 0 Å². The van der Waals surface area contributed by atoms with Crippen LogP contribution in [0.5, 0.6) is 0 Å². The highest BCUT2D eigenvalue weighted by Gasteiger charge is 2.15. The van der Waals surface area contributed by atoms with Crippen molar-refractivity contribution in [3.8, 4) is 0 Å². The zero-order valence-corrected chi connectivity index (χ0v) is 15.1. The predicted octanol–water partition coefficient (Wildman–Crippen LogP) is 1.67. The van der Waals surface area contributed by atoms with E-state index < -0.39 is 18.1 Å². The summed E-state index contributed by atoms with van der Waals surface area (Å²) in [6, 6.07) is 13.0. The Kier molecular flexibility index (Phi) is 7.56. The van der Waals surface area contributed by atoms with Gasteiger partial charge in [0.05, 0.1) is 6.04 Å². The number of amides is 1. The number of hydrogen-bond acceptors (Lipinski definition) is 4. The van der Waals surface area contributed by atoms with Gasteiger partial charge in [-0.15, -0.1) is 0 Å². The minimum atomic E-state index is -0.853. The van der Waals surface area contributed by atoms with E-state index in [-0.39, 0.29) is 5.91 Å². The van der Waals surface area contributed by atoms with Gasteiger partial charge in [0, 0.05) is 6.54 Å². The van der Waals surface area contributed by atoms with Crippen LogP contribution in [0.3, 0.4) is 0 Å². The third kappa shape index (κ3) is 5.82. The van der Waals surface area contributed by atoms with E-state index in [2.05, 4.69) is 22.8 Å². The zero-order valence-electron chi connectivity index (χ0n) is 15.1. The van der Waals surface area contributed by atoms with Gasteiger partial charge in [0.2, 0.25) is 5.91 Å². The third-order valence-electron chi connectivity index (χ3n) is 4.47. The Bertz CT molecular complexity index is 748. The molecule has 2 atom stereocenters. The molecule has 0 radical (unpaired) electrons. The van der Waals surface area contributed by atoms with E-state index in [1.54, 1.807) is 7.05 Å². The molecule has 5 N–H and O–H groups in total. The third-order valence-corrected chi connectivity index (χ3v) is 4.47. The van der Waals surface area contributed by atoms with Crippen molar-refractivity contribution in [2.75, 3.05) is 13.6 Å². The maximum atomic E-state index is 12.1. The molecule has 2 rings (SSSR count). The van der Waals surface area contributed by atoms with E-state index in [1.165, 1.54) is 0 Å². The lowest BCUT2D eigenvalue weighted by atomic mass is 10.0. The molecule has 0 aliphatic heterocycles. The number of aliphatic carboxylic acids is 1. The van der Waals surface area contributed by atoms with E-state index in [1.807, 2.05) is 30.3 Å². The standard InChI is InChI=1S/C20H27N3O3/c1-22-18(20(25)26)8-4-5-11-23-19(24)17(21)13-14-9-10-15-6-2-3-7-16(15)12-14/h2-3,6-7,9-10,12,17-18,22H,4-5,8,11,13,21H2,1H3,(H,23,24)(H,25,26). The maximum Gasteiger partial charge on any atom is 0.320 e. The molecule has 1 amide bonds. The van der Waals surface area contributed by atoms with Gasteiger partial charge in [0.15, 0.2) is 0 Å². The molecule has 2 aromatic carbocycles. The van der Waals surface area contributed by atoms with Crippen molar-refractivity contribution < 1.29 is 14.7 Å². The van der Waals surface area contributed by atoms with Gasteiger partial charge in [-0.25, -0.2) is 0 Å². The fraction of sp³-hybridized carbons (Fsp3) is 0.400. The number of carbonyl (C=O) groups excluding carboxylic acids is 1. The number of nitrogens with one attached hydrogen (secondary N) is 2. The highest BCUT2D eigenvalue weighted by Crippen LogP contribution is 2.16. The van der Waals surface area contributed by atoms with Crippen molar-refractivity contribution in [1.29, 1.82) is 0 Å². The van der Waals surface area contributed by atoms with Crippen LogP contribution in [0.25, 0.3) is 10.8 Å². The molecule has 0 aliphatic rings. The van der Waals surface area contributed by atoms with Crippen LogP contribution in [0.15, 0.2) is 42.5 Å². The summed E-state index contributed by atoms with van der Waals surface area (Å²) in [7, 11) is 1.63. The Morgan fingerprint density at radius 3 is 2.54 bits per heavy atom. The second-order valence-electron chi connectivity index (χ2n) is 6.46. The Balaban J connectivity index is 1.74. The number of fused-ring (bicyclic) bond motifs is 1. The monoisotopic (exact) mass is 357 g/mol. The van der Waals surface area contributed by atoms with Crippen LogP contribution >= 0.6 is 0 Å². The summed E-state index contributed by atoms with van der Waals surface area (Å²) in [6.07, 6.45) is 2.46. The average Bonchev–Trinajstić information content (AvgIpc) is 2.64. The fourth-order valence-corrected chi connectivity index (χ4v) is 2.92. The number of unbranched alkanes of at least 4 members (excludes halogenated alkanes) is 1. The first-order valence-corrected chi connectivity index (χ1v) is 8.92. The zero-order chi connectivity index (χ0) is 18.9. The second kappa shape index (κ2) is 9.89. The normalized spacial score (nSPS) is 13.3. The van der Waals surface area contributed by atoms with Crippen LogP contribution in [-0.4, -0.2) is 42.7 Å². The highest BCUT2D eigenvalue weighted by atomic mass is 16.4. The van der Waals surface area contributed by atoms with E-state index in [4.69, 9.17) is 10.8 Å². The summed E-state index contributed by atoms with van der Waals surface area (Å²) in [5.74, 6) is -1.03. The lowest BCUT2D eigenvalue weighted by Crippen LogP contribution is -2.42. The first-order chi connectivity index (χ1) is 12.5. The van der Waals surface area contributed by atoms with Gasteiger partial charge in [0.1, 0.15) is 6.04 Å². The Hall–Kier alpha value is -2.44. The topological polar surface area (TPSA) is 104 Å². The van der Waals surface area contributed by atoms with Crippen molar-refractivity contribution in [1.82, 2.24) is 10.6 Å². The minimum Gasteiger partial charge on any atom is -0.480 e. The van der Waals surface area contributed by atoms with Crippen molar-refractivity contribution in [2.24, 2.45) is 5.73 Å². The highest BCUT2D eigenvalue weighted by molar-refractivity contribution is 5.84. The molecule has 0 aromatic heterocycles. The molecule has 26 heavy (non-hydrogen) atoms. The largest absolute Gasteiger partial charge is 0.480 e. The number of hydrogen-bond donors (Lipinski definition) is 4. The molecular formula is C20H27N3O3. The second-order valence-corrected chi connectivity index (χ2v) is 6.46. The molecule has 140 valence electrons. The molecule has 0 saturated heterocycles. The summed E-state index contributed by atoms with van der Waals surface area (Å²) in [5.41, 5.74) is 7.05. The minimum absolute atomic E-state index is 0.179. The predicted molar refractivity (Wildman–Crippen MR) is 103 cm³/mol. The van der Waals surface area contributed by atoms with Gasteiger partial charge in [-0.05, 0) is 49.1 Å². The lowest BCUT2D eigenvalue weighted by Gasteiger charge is -2.14. The summed E-state index contributed by atoms with van der Waals surface area (Å²) in [5, 5.41) is 16.8. The number of nitrogens with two attached hydrogens (primary N) is 1. The van der Waals surface area contributed by atoms with Crippen LogP contribution in [0.1, 0.15) is 24.8 Å². The van der Waals surface area contributed by atoms with Crippen molar-refractivity contribution in [2.45, 2.75) is 37.8 Å². The first-order valence-electron chi connectivity index (χ1n) is 8.92. The molecule has 6 nitrogen and oxygen atoms in total. The molecule has 0 saturated carbocycles. The van der Waals surface area contributed by atoms with E-state index in [0.29, 0.717) is 19.4 Å². The number of carbonyl (C=O) groups is 2. The van der Waals surface area contributed by atoms with E-state index in [0.717, 1.165) is 29.2 Å². The SMILES string of the molecule is CNC(CCCCNC(=O)C(N)Cc1ccc2ccccc2c1)C(=O)O. The Morgan fingerprint density at radius 2 is 1.85 bits per heavy atom. The molecule has 2 aromatic rings. The van der Waals surface area contributed by atoms with Crippen LogP contribution in [0.2, 0.25) is 0 Å². The molecule has 0 spiro atoms. The van der Waals surface area contributed by atoms with E-state index >= 15 is 0 Å². The Labute approximate surface area is 153 Å². The molecule has 0 aliphatic carbocycles. The van der Waals surface area contributed by atoms with Gasteiger partial charge < -0.3 is 21.5 Å². The van der Waals surface area contributed by atoms with Crippen LogP contribution in [0.4, 0.5) is 0 Å². The maximum absolute atomic E-state index is 12.1. The average molecular weight is 357 g/mol. The van der Waals surface area contributed by atoms with Crippen LogP contribution in [0, 0.1) is 0 Å².